The Morgan fingerprint density at radius 3 is 1.69 bits per heavy atom. The third kappa shape index (κ3) is 8.11. The number of esters is 2. The highest BCUT2D eigenvalue weighted by Gasteiger charge is 2.10. The average molecular weight is 523 g/mol. The Hall–Kier alpha value is -3.34. The minimum Gasteiger partial charge on any atom is -0.462 e. The zero-order valence-electron chi connectivity index (χ0n) is 19.9. The highest BCUT2D eigenvalue weighted by atomic mass is 35.5. The van der Waals surface area contributed by atoms with E-state index in [0.717, 1.165) is 21.5 Å². The van der Waals surface area contributed by atoms with Gasteiger partial charge in [0.15, 0.2) is 0 Å². The Kier molecular flexibility index (Phi) is 10.8. The van der Waals surface area contributed by atoms with E-state index in [9.17, 15) is 9.59 Å². The van der Waals surface area contributed by atoms with E-state index in [1.54, 1.807) is 18.2 Å². The van der Waals surface area contributed by atoms with Gasteiger partial charge in [-0.15, -0.1) is 29.8 Å². The second kappa shape index (κ2) is 14.3. The van der Waals surface area contributed by atoms with Gasteiger partial charge in [-0.05, 0) is 58.7 Å². The third-order valence-electron chi connectivity index (χ3n) is 5.36. The monoisotopic (exact) mass is 522 g/mol. The van der Waals surface area contributed by atoms with Gasteiger partial charge in [0, 0.05) is 5.88 Å². The molecular formula is C30H28Cl2O4. The van der Waals surface area contributed by atoms with Crippen LogP contribution in [0.2, 0.25) is 0 Å². The molecule has 4 rings (SSSR count). The molecule has 0 aliphatic heterocycles. The van der Waals surface area contributed by atoms with Gasteiger partial charge in [-0.1, -0.05) is 66.7 Å². The summed E-state index contributed by atoms with van der Waals surface area (Å²) in [7, 11) is 0. The molecular weight excluding hydrogens is 495 g/mol. The summed E-state index contributed by atoms with van der Waals surface area (Å²) in [5.74, 6) is -0.253. The predicted octanol–water partition coefficient (Wildman–Crippen LogP) is 7.81. The maximum Gasteiger partial charge on any atom is 0.338 e. The SMILES string of the molecule is C=CCCOC(=O)c1ccc2ccccc2c1.O=C(OCCC(Cl)CCl)c1ccc2ccccc2c1. The van der Waals surface area contributed by atoms with Crippen LogP contribution in [0.15, 0.2) is 97.6 Å². The quantitative estimate of drug-likeness (QED) is 0.0972. The molecule has 4 aromatic carbocycles. The molecule has 0 saturated carbocycles. The molecule has 0 bridgehead atoms. The largest absolute Gasteiger partial charge is 0.462 e. The van der Waals surface area contributed by atoms with Crippen LogP contribution in [-0.2, 0) is 9.47 Å². The number of carbonyl (C=O) groups excluding carboxylic acids is 2. The molecule has 0 saturated heterocycles. The van der Waals surface area contributed by atoms with Crippen LogP contribution < -0.4 is 0 Å². The Morgan fingerprint density at radius 1 is 0.750 bits per heavy atom. The van der Waals surface area contributed by atoms with Gasteiger partial charge < -0.3 is 9.47 Å². The number of alkyl halides is 2. The van der Waals surface area contributed by atoms with Crippen molar-refractivity contribution in [1.29, 1.82) is 0 Å². The van der Waals surface area contributed by atoms with Gasteiger partial charge >= 0.3 is 11.9 Å². The van der Waals surface area contributed by atoms with E-state index in [1.165, 1.54) is 0 Å². The fraction of sp³-hybridized carbons (Fsp3) is 0.200. The van der Waals surface area contributed by atoms with Crippen LogP contribution in [0.1, 0.15) is 33.6 Å². The summed E-state index contributed by atoms with van der Waals surface area (Å²) in [4.78, 5) is 23.6. The van der Waals surface area contributed by atoms with Crippen LogP contribution in [0.25, 0.3) is 21.5 Å². The molecule has 186 valence electrons. The first-order valence-electron chi connectivity index (χ1n) is 11.6. The number of hydrogen-bond donors (Lipinski definition) is 0. The van der Waals surface area contributed by atoms with Gasteiger partial charge in [-0.3, -0.25) is 0 Å². The molecule has 0 N–H and O–H groups in total. The van der Waals surface area contributed by atoms with Crippen molar-refractivity contribution in [3.05, 3.63) is 109 Å². The summed E-state index contributed by atoms with van der Waals surface area (Å²) in [5.41, 5.74) is 1.14. The van der Waals surface area contributed by atoms with Crippen LogP contribution in [-0.4, -0.2) is 36.4 Å². The summed E-state index contributed by atoms with van der Waals surface area (Å²) >= 11 is 11.4. The number of hydrogen-bond acceptors (Lipinski definition) is 4. The molecule has 4 nitrogen and oxygen atoms in total. The van der Waals surface area contributed by atoms with E-state index in [4.69, 9.17) is 32.7 Å². The van der Waals surface area contributed by atoms with E-state index < -0.39 is 0 Å². The van der Waals surface area contributed by atoms with E-state index in [2.05, 4.69) is 6.58 Å². The molecule has 0 amide bonds. The molecule has 0 radical (unpaired) electrons. The first kappa shape index (κ1) is 27.3. The van der Waals surface area contributed by atoms with Crippen molar-refractivity contribution in [3.8, 4) is 0 Å². The number of halogens is 2. The summed E-state index contributed by atoms with van der Waals surface area (Å²) in [6.07, 6.45) is 2.97. The summed E-state index contributed by atoms with van der Waals surface area (Å²) in [6, 6.07) is 26.9. The smallest absolute Gasteiger partial charge is 0.338 e. The van der Waals surface area contributed by atoms with Gasteiger partial charge in [0.25, 0.3) is 0 Å². The Balaban J connectivity index is 0.000000202. The molecule has 0 aliphatic rings. The number of benzene rings is 4. The second-order valence-corrected chi connectivity index (χ2v) is 8.94. The molecule has 0 heterocycles. The zero-order valence-corrected chi connectivity index (χ0v) is 21.4. The van der Waals surface area contributed by atoms with Gasteiger partial charge in [0.2, 0.25) is 0 Å². The van der Waals surface area contributed by atoms with Gasteiger partial charge in [0.05, 0.1) is 29.7 Å². The lowest BCUT2D eigenvalue weighted by Gasteiger charge is -2.07. The molecule has 0 fully saturated rings. The van der Waals surface area contributed by atoms with Crippen molar-refractivity contribution in [2.45, 2.75) is 18.2 Å². The lowest BCUT2D eigenvalue weighted by molar-refractivity contribution is 0.0495. The Bertz CT molecular complexity index is 1320. The number of ether oxygens (including phenoxy) is 2. The van der Waals surface area contributed by atoms with Crippen molar-refractivity contribution in [2.75, 3.05) is 19.1 Å². The molecule has 1 atom stereocenters. The normalized spacial score (nSPS) is 11.3. The fourth-order valence-electron chi connectivity index (χ4n) is 3.39. The topological polar surface area (TPSA) is 52.6 Å². The number of rotatable bonds is 9. The lowest BCUT2D eigenvalue weighted by Crippen LogP contribution is -2.11. The Labute approximate surface area is 221 Å². The van der Waals surface area contributed by atoms with E-state index >= 15 is 0 Å². The maximum atomic E-state index is 11.9. The van der Waals surface area contributed by atoms with Crippen molar-refractivity contribution >= 4 is 56.7 Å². The van der Waals surface area contributed by atoms with E-state index in [-0.39, 0.29) is 23.9 Å². The average Bonchev–Trinajstić information content (AvgIpc) is 2.92. The zero-order chi connectivity index (χ0) is 25.8. The van der Waals surface area contributed by atoms with Gasteiger partial charge in [-0.25, -0.2) is 9.59 Å². The molecule has 0 aromatic heterocycles. The van der Waals surface area contributed by atoms with Crippen LogP contribution in [0.3, 0.4) is 0 Å². The number of carbonyl (C=O) groups is 2. The third-order valence-corrected chi connectivity index (χ3v) is 6.26. The molecule has 6 heteroatoms. The highest BCUT2D eigenvalue weighted by molar-refractivity contribution is 6.28. The molecule has 0 aliphatic carbocycles. The lowest BCUT2D eigenvalue weighted by atomic mass is 10.1. The molecule has 4 aromatic rings. The van der Waals surface area contributed by atoms with Gasteiger partial charge in [0.1, 0.15) is 0 Å². The Morgan fingerprint density at radius 2 is 1.22 bits per heavy atom. The molecule has 0 spiro atoms. The molecule has 36 heavy (non-hydrogen) atoms. The van der Waals surface area contributed by atoms with Crippen LogP contribution in [0.4, 0.5) is 0 Å². The summed E-state index contributed by atoms with van der Waals surface area (Å²) < 4.78 is 10.3. The number of fused-ring (bicyclic) bond motifs is 2. The van der Waals surface area contributed by atoms with E-state index in [1.807, 2.05) is 72.8 Å². The minimum atomic E-state index is -0.329. The standard InChI is InChI=1S/C15H14Cl2O2.C15H14O2/c16-10-14(17)7-8-19-15(18)13-6-5-11-3-1-2-4-12(11)9-13;1-2-3-10-17-15(16)14-9-8-12-6-4-5-7-13(12)11-14/h1-6,9,14H,7-8,10H2;2,4-9,11H,1,3,10H2. The van der Waals surface area contributed by atoms with Crippen molar-refractivity contribution in [2.24, 2.45) is 0 Å². The van der Waals surface area contributed by atoms with Crippen LogP contribution >= 0.6 is 23.2 Å². The summed E-state index contributed by atoms with van der Waals surface area (Å²) in [5, 5.41) is 4.13. The van der Waals surface area contributed by atoms with Crippen LogP contribution in [0, 0.1) is 0 Å². The first-order chi connectivity index (χ1) is 17.5. The summed E-state index contributed by atoms with van der Waals surface area (Å²) in [6.45, 7) is 4.25. The molecule has 1 unspecified atom stereocenters. The van der Waals surface area contributed by atoms with E-state index in [0.29, 0.717) is 36.5 Å². The predicted molar refractivity (Wildman–Crippen MR) is 148 cm³/mol. The highest BCUT2D eigenvalue weighted by Crippen LogP contribution is 2.17. The van der Waals surface area contributed by atoms with Crippen LogP contribution in [0.5, 0.6) is 0 Å². The second-order valence-electron chi connectivity index (χ2n) is 8.01. The van der Waals surface area contributed by atoms with Gasteiger partial charge in [-0.2, -0.15) is 0 Å². The first-order valence-corrected chi connectivity index (χ1v) is 12.6. The maximum absolute atomic E-state index is 11.9. The minimum absolute atomic E-state index is 0.161. The fourth-order valence-corrected chi connectivity index (χ4v) is 3.63. The van der Waals surface area contributed by atoms with Crippen molar-refractivity contribution < 1.29 is 19.1 Å². The van der Waals surface area contributed by atoms with Crippen molar-refractivity contribution in [1.82, 2.24) is 0 Å². The van der Waals surface area contributed by atoms with Crippen molar-refractivity contribution in [3.63, 3.8) is 0 Å².